The standard InChI is InChI=1S/C19H16N2O5/c1-24-12-8-9-13(14(10-12)25-2)16-15-17(26-20-16)19(23)21(18(15)22)11-6-4-3-5-7-11/h3-10,15,17H,1-2H3. The molecule has 7 heteroatoms. The Balaban J connectivity index is 1.72. The van der Waals surface area contributed by atoms with Gasteiger partial charge in [-0.2, -0.15) is 0 Å². The number of nitrogens with zero attached hydrogens (tertiary/aromatic N) is 2. The molecule has 0 bridgehead atoms. The number of imide groups is 1. The zero-order valence-electron chi connectivity index (χ0n) is 14.2. The van der Waals surface area contributed by atoms with E-state index in [2.05, 4.69) is 5.16 Å². The van der Waals surface area contributed by atoms with Crippen LogP contribution in [-0.4, -0.2) is 37.8 Å². The molecule has 2 aromatic rings. The molecule has 0 aromatic heterocycles. The molecule has 1 saturated heterocycles. The molecule has 2 amide bonds. The Kier molecular flexibility index (Phi) is 3.84. The van der Waals surface area contributed by atoms with Gasteiger partial charge in [-0.25, -0.2) is 4.90 Å². The summed E-state index contributed by atoms with van der Waals surface area (Å²) in [4.78, 5) is 32.1. The molecule has 0 radical (unpaired) electrons. The van der Waals surface area contributed by atoms with Crippen molar-refractivity contribution in [3.05, 3.63) is 54.1 Å². The number of hydrogen-bond donors (Lipinski definition) is 0. The van der Waals surface area contributed by atoms with E-state index in [4.69, 9.17) is 14.3 Å². The first-order chi connectivity index (χ1) is 12.7. The molecule has 1 fully saturated rings. The molecule has 0 aliphatic carbocycles. The molecular formula is C19H16N2O5. The molecule has 0 saturated carbocycles. The van der Waals surface area contributed by atoms with Crippen molar-refractivity contribution in [1.82, 2.24) is 0 Å². The number of anilines is 1. The van der Waals surface area contributed by atoms with E-state index in [-0.39, 0.29) is 5.91 Å². The third-order valence-electron chi connectivity index (χ3n) is 4.51. The quantitative estimate of drug-likeness (QED) is 0.787. The molecule has 2 atom stereocenters. The van der Waals surface area contributed by atoms with Crippen LogP contribution in [0.5, 0.6) is 11.5 Å². The number of benzene rings is 2. The highest BCUT2D eigenvalue weighted by molar-refractivity contribution is 6.32. The third kappa shape index (κ3) is 2.32. The first kappa shape index (κ1) is 16.1. The average molecular weight is 352 g/mol. The zero-order valence-corrected chi connectivity index (χ0v) is 14.2. The van der Waals surface area contributed by atoms with E-state index in [1.54, 1.807) is 49.6 Å². The Morgan fingerprint density at radius 2 is 1.77 bits per heavy atom. The van der Waals surface area contributed by atoms with Gasteiger partial charge in [-0.3, -0.25) is 9.59 Å². The van der Waals surface area contributed by atoms with Gasteiger partial charge in [-0.05, 0) is 24.3 Å². The largest absolute Gasteiger partial charge is 0.497 e. The predicted molar refractivity (Wildman–Crippen MR) is 93.4 cm³/mol. The van der Waals surface area contributed by atoms with Crippen LogP contribution in [0.3, 0.4) is 0 Å². The van der Waals surface area contributed by atoms with Gasteiger partial charge in [0.25, 0.3) is 5.91 Å². The van der Waals surface area contributed by atoms with Crippen LogP contribution >= 0.6 is 0 Å². The van der Waals surface area contributed by atoms with Crippen molar-refractivity contribution in [2.75, 3.05) is 19.1 Å². The van der Waals surface area contributed by atoms with E-state index >= 15 is 0 Å². The second-order valence-electron chi connectivity index (χ2n) is 5.89. The zero-order chi connectivity index (χ0) is 18.3. The van der Waals surface area contributed by atoms with E-state index in [9.17, 15) is 9.59 Å². The highest BCUT2D eigenvalue weighted by Crippen LogP contribution is 2.37. The monoisotopic (exact) mass is 352 g/mol. The lowest BCUT2D eigenvalue weighted by Gasteiger charge is -2.16. The molecule has 0 N–H and O–H groups in total. The van der Waals surface area contributed by atoms with Crippen LogP contribution in [0.2, 0.25) is 0 Å². The summed E-state index contributed by atoms with van der Waals surface area (Å²) in [5.41, 5.74) is 1.49. The van der Waals surface area contributed by atoms with Crippen LogP contribution in [0.15, 0.2) is 53.7 Å². The molecule has 2 aromatic carbocycles. The highest BCUT2D eigenvalue weighted by Gasteiger charge is 2.56. The van der Waals surface area contributed by atoms with E-state index in [0.29, 0.717) is 28.5 Å². The summed E-state index contributed by atoms with van der Waals surface area (Å²) < 4.78 is 10.6. The molecule has 26 heavy (non-hydrogen) atoms. The van der Waals surface area contributed by atoms with Crippen LogP contribution in [0.4, 0.5) is 5.69 Å². The van der Waals surface area contributed by atoms with Gasteiger partial charge in [-0.1, -0.05) is 23.4 Å². The molecule has 0 spiro atoms. The number of rotatable bonds is 4. The smallest absolute Gasteiger partial charge is 0.278 e. The van der Waals surface area contributed by atoms with Gasteiger partial charge in [0.15, 0.2) is 0 Å². The second kappa shape index (κ2) is 6.18. The third-order valence-corrected chi connectivity index (χ3v) is 4.51. The van der Waals surface area contributed by atoms with Crippen molar-refractivity contribution in [3.63, 3.8) is 0 Å². The van der Waals surface area contributed by atoms with Crippen molar-refractivity contribution < 1.29 is 23.9 Å². The summed E-state index contributed by atoms with van der Waals surface area (Å²) in [5, 5.41) is 4.01. The van der Waals surface area contributed by atoms with Crippen LogP contribution in [-0.2, 0) is 14.4 Å². The molecular weight excluding hydrogens is 336 g/mol. The second-order valence-corrected chi connectivity index (χ2v) is 5.89. The summed E-state index contributed by atoms with van der Waals surface area (Å²) >= 11 is 0. The molecule has 4 rings (SSSR count). The molecule has 2 heterocycles. The fraction of sp³-hybridized carbons (Fsp3) is 0.211. The van der Waals surface area contributed by atoms with Gasteiger partial charge in [0, 0.05) is 11.6 Å². The van der Waals surface area contributed by atoms with Gasteiger partial charge >= 0.3 is 0 Å². The van der Waals surface area contributed by atoms with Crippen molar-refractivity contribution in [2.45, 2.75) is 6.10 Å². The van der Waals surface area contributed by atoms with Crippen LogP contribution in [0, 0.1) is 5.92 Å². The Morgan fingerprint density at radius 3 is 2.46 bits per heavy atom. The number of hydrogen-bond acceptors (Lipinski definition) is 6. The number of oxime groups is 1. The van der Waals surface area contributed by atoms with Gasteiger partial charge in [0.05, 0.1) is 19.9 Å². The van der Waals surface area contributed by atoms with Crippen molar-refractivity contribution in [3.8, 4) is 11.5 Å². The van der Waals surface area contributed by atoms with E-state index in [1.807, 2.05) is 6.07 Å². The summed E-state index contributed by atoms with van der Waals surface area (Å²) in [7, 11) is 3.07. The Bertz CT molecular complexity index is 909. The first-order valence-corrected chi connectivity index (χ1v) is 8.04. The van der Waals surface area contributed by atoms with Crippen LogP contribution in [0.1, 0.15) is 5.56 Å². The summed E-state index contributed by atoms with van der Waals surface area (Å²) in [5.74, 6) is -0.477. The molecule has 2 aliphatic rings. The number of fused-ring (bicyclic) bond motifs is 1. The van der Waals surface area contributed by atoms with E-state index in [1.165, 1.54) is 7.11 Å². The number of methoxy groups -OCH3 is 2. The summed E-state index contributed by atoms with van der Waals surface area (Å²) in [6.07, 6.45) is -0.954. The number of amides is 2. The maximum Gasteiger partial charge on any atom is 0.278 e. The van der Waals surface area contributed by atoms with Gasteiger partial charge in [0.2, 0.25) is 12.0 Å². The van der Waals surface area contributed by atoms with Gasteiger partial charge in [-0.15, -0.1) is 0 Å². The minimum Gasteiger partial charge on any atom is -0.497 e. The molecule has 2 unspecified atom stereocenters. The maximum atomic E-state index is 13.0. The summed E-state index contributed by atoms with van der Waals surface area (Å²) in [6, 6.07) is 14.0. The van der Waals surface area contributed by atoms with E-state index in [0.717, 1.165) is 4.90 Å². The van der Waals surface area contributed by atoms with Crippen molar-refractivity contribution in [1.29, 1.82) is 0 Å². The lowest BCUT2D eigenvalue weighted by atomic mass is 9.93. The van der Waals surface area contributed by atoms with Gasteiger partial charge < -0.3 is 14.3 Å². The highest BCUT2D eigenvalue weighted by atomic mass is 16.7. The Hall–Kier alpha value is -3.35. The maximum absolute atomic E-state index is 13.0. The lowest BCUT2D eigenvalue weighted by molar-refractivity contribution is -0.126. The number of para-hydroxylation sites is 1. The first-order valence-electron chi connectivity index (χ1n) is 8.04. The molecule has 7 nitrogen and oxygen atoms in total. The van der Waals surface area contributed by atoms with Crippen molar-refractivity contribution in [2.24, 2.45) is 11.1 Å². The fourth-order valence-corrected chi connectivity index (χ4v) is 3.24. The normalized spacial score (nSPS) is 21.3. The molecule has 132 valence electrons. The van der Waals surface area contributed by atoms with Gasteiger partial charge in [0.1, 0.15) is 23.1 Å². The predicted octanol–water partition coefficient (Wildman–Crippen LogP) is 2.00. The number of carbonyl (C=O) groups excluding carboxylic acids is 2. The molecule has 2 aliphatic heterocycles. The van der Waals surface area contributed by atoms with Crippen LogP contribution in [0.25, 0.3) is 0 Å². The fourth-order valence-electron chi connectivity index (χ4n) is 3.24. The number of carbonyl (C=O) groups is 2. The summed E-state index contributed by atoms with van der Waals surface area (Å²) in [6.45, 7) is 0. The van der Waals surface area contributed by atoms with E-state index < -0.39 is 17.9 Å². The van der Waals surface area contributed by atoms with Crippen molar-refractivity contribution >= 4 is 23.2 Å². The Labute approximate surface area is 149 Å². The topological polar surface area (TPSA) is 77.4 Å². The average Bonchev–Trinajstić information content (AvgIpc) is 3.22. The lowest BCUT2D eigenvalue weighted by Crippen LogP contribution is -2.33. The minimum atomic E-state index is -0.954. The minimum absolute atomic E-state index is 0.361. The number of ether oxygens (including phenoxy) is 2. The Morgan fingerprint density at radius 1 is 1.00 bits per heavy atom. The SMILES string of the molecule is COc1ccc(C2=NOC3C(=O)N(c4ccccc4)C(=O)C23)c(OC)c1. The van der Waals surface area contributed by atoms with Crippen LogP contribution < -0.4 is 14.4 Å².